The molecule has 0 spiro atoms. The van der Waals surface area contributed by atoms with Crippen molar-refractivity contribution in [2.24, 2.45) is 0 Å². The lowest BCUT2D eigenvalue weighted by atomic mass is 10.3. The largest absolute Gasteiger partial charge is 0.461 e. The zero-order valence-corrected chi connectivity index (χ0v) is 12.7. The Balaban J connectivity index is 2.07. The third-order valence-electron chi connectivity index (χ3n) is 2.58. The molecule has 0 aromatic carbocycles. The van der Waals surface area contributed by atoms with Crippen molar-refractivity contribution in [1.29, 1.82) is 0 Å². The summed E-state index contributed by atoms with van der Waals surface area (Å²) in [6, 6.07) is 2.31. The number of ether oxygens (including phenoxy) is 1. The van der Waals surface area contributed by atoms with Crippen molar-refractivity contribution in [2.45, 2.75) is 39.5 Å². The summed E-state index contributed by atoms with van der Waals surface area (Å²) >= 11 is 0. The molecule has 0 aliphatic carbocycles. The van der Waals surface area contributed by atoms with Crippen molar-refractivity contribution in [3.05, 3.63) is 18.5 Å². The lowest BCUT2D eigenvalue weighted by molar-refractivity contribution is 0.222. The van der Waals surface area contributed by atoms with Crippen LogP contribution in [-0.2, 0) is 6.54 Å². The maximum absolute atomic E-state index is 5.53. The lowest BCUT2D eigenvalue weighted by Gasteiger charge is -2.15. The van der Waals surface area contributed by atoms with Crippen molar-refractivity contribution in [3.63, 3.8) is 0 Å². The Hall–Kier alpha value is -2.38. The monoisotopic (exact) mass is 291 g/mol. The van der Waals surface area contributed by atoms with Gasteiger partial charge in [-0.2, -0.15) is 20.1 Å². The number of nitrogens with zero attached hydrogens (tertiary/aromatic N) is 5. The van der Waals surface area contributed by atoms with Gasteiger partial charge in [0, 0.05) is 25.5 Å². The van der Waals surface area contributed by atoms with Gasteiger partial charge in [-0.25, -0.2) is 0 Å². The fourth-order valence-corrected chi connectivity index (χ4v) is 1.75. The maximum atomic E-state index is 5.53. The van der Waals surface area contributed by atoms with Crippen LogP contribution in [0.4, 0.5) is 11.9 Å². The molecule has 0 saturated carbocycles. The molecule has 0 amide bonds. The first-order valence-electron chi connectivity index (χ1n) is 6.91. The van der Waals surface area contributed by atoms with E-state index in [1.54, 1.807) is 13.2 Å². The second-order valence-electron chi connectivity index (χ2n) is 4.96. The van der Waals surface area contributed by atoms with Crippen LogP contribution in [0.2, 0.25) is 0 Å². The van der Waals surface area contributed by atoms with Crippen LogP contribution in [-0.4, -0.2) is 43.9 Å². The predicted octanol–water partition coefficient (Wildman–Crippen LogP) is 1.40. The minimum Gasteiger partial charge on any atom is -0.461 e. The summed E-state index contributed by atoms with van der Waals surface area (Å²) < 4.78 is 7.38. The minimum atomic E-state index is 0.00598. The van der Waals surface area contributed by atoms with Gasteiger partial charge >= 0.3 is 6.01 Å². The van der Waals surface area contributed by atoms with E-state index >= 15 is 0 Å². The Morgan fingerprint density at radius 2 is 1.95 bits per heavy atom. The quantitative estimate of drug-likeness (QED) is 0.796. The van der Waals surface area contributed by atoms with Crippen LogP contribution in [0.3, 0.4) is 0 Å². The molecule has 8 heteroatoms. The number of rotatable bonds is 7. The Kier molecular flexibility index (Phi) is 4.91. The molecule has 0 fully saturated rings. The summed E-state index contributed by atoms with van der Waals surface area (Å²) in [6.07, 6.45) is 3.67. The highest BCUT2D eigenvalue weighted by atomic mass is 16.5. The molecule has 1 atom stereocenters. The summed E-state index contributed by atoms with van der Waals surface area (Å²) in [5.41, 5.74) is 0. The van der Waals surface area contributed by atoms with Crippen molar-refractivity contribution >= 4 is 11.9 Å². The topological polar surface area (TPSA) is 89.8 Å². The van der Waals surface area contributed by atoms with E-state index in [0.29, 0.717) is 24.5 Å². The van der Waals surface area contributed by atoms with E-state index in [1.807, 2.05) is 37.7 Å². The highest BCUT2D eigenvalue weighted by Crippen LogP contribution is 2.13. The molecule has 0 radical (unpaired) electrons. The van der Waals surface area contributed by atoms with Gasteiger partial charge in [-0.3, -0.25) is 4.68 Å². The Morgan fingerprint density at radius 3 is 2.57 bits per heavy atom. The van der Waals surface area contributed by atoms with E-state index in [1.165, 1.54) is 0 Å². The first kappa shape index (κ1) is 15.0. The molecule has 2 N–H and O–H groups in total. The third-order valence-corrected chi connectivity index (χ3v) is 2.58. The van der Waals surface area contributed by atoms with Gasteiger partial charge in [-0.1, -0.05) is 0 Å². The molecular weight excluding hydrogens is 270 g/mol. The molecule has 8 nitrogen and oxygen atoms in total. The Labute approximate surface area is 124 Å². The summed E-state index contributed by atoms with van der Waals surface area (Å²) in [4.78, 5) is 12.7. The van der Waals surface area contributed by atoms with Crippen molar-refractivity contribution in [3.8, 4) is 6.01 Å². The molecule has 0 aliphatic rings. The summed E-state index contributed by atoms with van der Waals surface area (Å²) in [5, 5.41) is 10.3. The highest BCUT2D eigenvalue weighted by Gasteiger charge is 2.11. The molecule has 2 heterocycles. The standard InChI is InChI=1S/C13H21N7O/c1-9(2)21-13-18-11(14-4)17-12(19-13)16-10(3)8-20-7-5-6-15-20/h5-7,9-10H,8H2,1-4H3,(H2,14,16,17,18,19). The molecule has 0 bridgehead atoms. The third kappa shape index (κ3) is 4.59. The molecule has 21 heavy (non-hydrogen) atoms. The highest BCUT2D eigenvalue weighted by molar-refractivity contribution is 5.35. The number of aromatic nitrogens is 5. The zero-order chi connectivity index (χ0) is 15.2. The van der Waals surface area contributed by atoms with E-state index in [0.717, 1.165) is 0 Å². The number of hydrogen-bond donors (Lipinski definition) is 2. The average molecular weight is 291 g/mol. The predicted molar refractivity (Wildman–Crippen MR) is 80.4 cm³/mol. The Bertz CT molecular complexity index is 556. The minimum absolute atomic E-state index is 0.00598. The summed E-state index contributed by atoms with van der Waals surface area (Å²) in [5.74, 6) is 0.944. The lowest BCUT2D eigenvalue weighted by Crippen LogP contribution is -2.24. The van der Waals surface area contributed by atoms with Crippen LogP contribution in [0.1, 0.15) is 20.8 Å². The second kappa shape index (κ2) is 6.87. The van der Waals surface area contributed by atoms with Gasteiger partial charge in [0.2, 0.25) is 11.9 Å². The number of hydrogen-bond acceptors (Lipinski definition) is 7. The molecular formula is C13H21N7O. The fourth-order valence-electron chi connectivity index (χ4n) is 1.75. The van der Waals surface area contributed by atoms with Gasteiger partial charge in [-0.15, -0.1) is 0 Å². The molecule has 0 saturated heterocycles. The van der Waals surface area contributed by atoms with Gasteiger partial charge in [0.15, 0.2) is 0 Å². The second-order valence-corrected chi connectivity index (χ2v) is 4.96. The smallest absolute Gasteiger partial charge is 0.323 e. The number of anilines is 2. The van der Waals surface area contributed by atoms with E-state index < -0.39 is 0 Å². The van der Waals surface area contributed by atoms with E-state index in [9.17, 15) is 0 Å². The van der Waals surface area contributed by atoms with Crippen molar-refractivity contribution in [2.75, 3.05) is 17.7 Å². The molecule has 114 valence electrons. The van der Waals surface area contributed by atoms with E-state index in [-0.39, 0.29) is 12.1 Å². The summed E-state index contributed by atoms with van der Waals surface area (Å²) in [7, 11) is 1.76. The molecule has 1 unspecified atom stereocenters. The van der Waals surface area contributed by atoms with Crippen molar-refractivity contribution < 1.29 is 4.74 Å². The van der Waals surface area contributed by atoms with Crippen LogP contribution in [0, 0.1) is 0 Å². The first-order valence-corrected chi connectivity index (χ1v) is 6.91. The van der Waals surface area contributed by atoms with Gasteiger partial charge in [0.05, 0.1) is 12.6 Å². The molecule has 2 aromatic heterocycles. The van der Waals surface area contributed by atoms with Gasteiger partial charge in [0.1, 0.15) is 0 Å². The number of nitrogens with one attached hydrogen (secondary N) is 2. The van der Waals surface area contributed by atoms with Gasteiger partial charge in [-0.05, 0) is 26.8 Å². The summed E-state index contributed by atoms with van der Waals surface area (Å²) in [6.45, 7) is 6.61. The van der Waals surface area contributed by atoms with E-state index in [4.69, 9.17) is 4.74 Å². The first-order chi connectivity index (χ1) is 10.1. The molecule has 0 aliphatic heterocycles. The zero-order valence-electron chi connectivity index (χ0n) is 12.7. The van der Waals surface area contributed by atoms with Crippen LogP contribution in [0.5, 0.6) is 6.01 Å². The maximum Gasteiger partial charge on any atom is 0.323 e. The van der Waals surface area contributed by atoms with Crippen LogP contribution >= 0.6 is 0 Å². The molecule has 2 aromatic rings. The Morgan fingerprint density at radius 1 is 1.19 bits per heavy atom. The van der Waals surface area contributed by atoms with Crippen LogP contribution < -0.4 is 15.4 Å². The SMILES string of the molecule is CNc1nc(NC(C)Cn2cccn2)nc(OC(C)C)n1. The van der Waals surface area contributed by atoms with Crippen molar-refractivity contribution in [1.82, 2.24) is 24.7 Å². The van der Waals surface area contributed by atoms with Crippen LogP contribution in [0.25, 0.3) is 0 Å². The molecule has 2 rings (SSSR count). The fraction of sp³-hybridized carbons (Fsp3) is 0.538. The van der Waals surface area contributed by atoms with Gasteiger partial charge in [0.25, 0.3) is 0 Å². The van der Waals surface area contributed by atoms with Gasteiger partial charge < -0.3 is 15.4 Å². The van der Waals surface area contributed by atoms with E-state index in [2.05, 4.69) is 30.7 Å². The average Bonchev–Trinajstić information content (AvgIpc) is 2.90. The normalized spacial score (nSPS) is 12.2. The van der Waals surface area contributed by atoms with Crippen LogP contribution in [0.15, 0.2) is 18.5 Å².